The van der Waals surface area contributed by atoms with E-state index >= 15 is 0 Å². The lowest BCUT2D eigenvalue weighted by Gasteiger charge is -2.11. The van der Waals surface area contributed by atoms with E-state index in [0.29, 0.717) is 10.2 Å². The van der Waals surface area contributed by atoms with Gasteiger partial charge in [-0.2, -0.15) is 13.2 Å². The van der Waals surface area contributed by atoms with Crippen LogP contribution in [0.25, 0.3) is 0 Å². The van der Waals surface area contributed by atoms with Crippen molar-refractivity contribution < 1.29 is 17.9 Å². The van der Waals surface area contributed by atoms with Gasteiger partial charge in [-0.25, -0.2) is 4.98 Å². The molecule has 100 valence electrons. The number of anilines is 1. The maximum atomic E-state index is 12.5. The van der Waals surface area contributed by atoms with Crippen LogP contribution in [0.1, 0.15) is 5.69 Å². The molecule has 0 saturated carbocycles. The molecule has 0 saturated heterocycles. The molecule has 1 heterocycles. The molecule has 0 aliphatic heterocycles. The first kappa shape index (κ1) is 13.7. The number of ether oxygens (including phenoxy) is 1. The minimum Gasteiger partial charge on any atom is -0.436 e. The van der Waals surface area contributed by atoms with E-state index in [0.717, 1.165) is 6.07 Å². The maximum absolute atomic E-state index is 12.5. The van der Waals surface area contributed by atoms with Gasteiger partial charge in [-0.05, 0) is 34.1 Å². The van der Waals surface area contributed by atoms with Crippen molar-refractivity contribution in [3.05, 3.63) is 46.6 Å². The van der Waals surface area contributed by atoms with E-state index in [9.17, 15) is 13.2 Å². The number of hydrogen-bond donors (Lipinski definition) is 1. The molecule has 0 amide bonds. The highest BCUT2D eigenvalue weighted by Gasteiger charge is 2.32. The zero-order valence-corrected chi connectivity index (χ0v) is 11.0. The van der Waals surface area contributed by atoms with Gasteiger partial charge in [-0.1, -0.05) is 12.1 Å². The van der Waals surface area contributed by atoms with E-state index < -0.39 is 11.9 Å². The Morgan fingerprint density at radius 3 is 2.42 bits per heavy atom. The SMILES string of the molecule is Nc1cccc(Br)c1Oc1cccc(C(F)(F)F)n1. The zero-order valence-electron chi connectivity index (χ0n) is 9.41. The first-order chi connectivity index (χ1) is 8.88. The van der Waals surface area contributed by atoms with Gasteiger partial charge in [0.15, 0.2) is 5.75 Å². The number of benzene rings is 1. The van der Waals surface area contributed by atoms with E-state index in [4.69, 9.17) is 10.5 Å². The van der Waals surface area contributed by atoms with E-state index in [1.54, 1.807) is 18.2 Å². The number of pyridine rings is 1. The molecule has 0 aliphatic carbocycles. The number of halogens is 4. The molecule has 0 unspecified atom stereocenters. The van der Waals surface area contributed by atoms with Gasteiger partial charge in [0.25, 0.3) is 0 Å². The Morgan fingerprint density at radius 2 is 1.79 bits per heavy atom. The lowest BCUT2D eigenvalue weighted by molar-refractivity contribution is -0.141. The van der Waals surface area contributed by atoms with Gasteiger partial charge in [0, 0.05) is 6.07 Å². The van der Waals surface area contributed by atoms with E-state index in [1.165, 1.54) is 12.1 Å². The second-order valence-corrected chi connectivity index (χ2v) is 4.47. The van der Waals surface area contributed by atoms with Crippen LogP contribution in [0.15, 0.2) is 40.9 Å². The largest absolute Gasteiger partial charge is 0.436 e. The first-order valence-electron chi connectivity index (χ1n) is 5.14. The summed E-state index contributed by atoms with van der Waals surface area (Å²) in [5.41, 5.74) is 4.97. The van der Waals surface area contributed by atoms with Crippen molar-refractivity contribution >= 4 is 21.6 Å². The van der Waals surface area contributed by atoms with Crippen LogP contribution in [-0.2, 0) is 6.18 Å². The van der Waals surface area contributed by atoms with Crippen molar-refractivity contribution in [1.29, 1.82) is 0 Å². The van der Waals surface area contributed by atoms with E-state index in [-0.39, 0.29) is 11.6 Å². The molecule has 2 rings (SSSR count). The summed E-state index contributed by atoms with van der Waals surface area (Å²) in [5, 5.41) is 0. The topological polar surface area (TPSA) is 48.1 Å². The van der Waals surface area contributed by atoms with Crippen molar-refractivity contribution in [2.75, 3.05) is 5.73 Å². The van der Waals surface area contributed by atoms with Crippen molar-refractivity contribution in [1.82, 2.24) is 4.98 Å². The van der Waals surface area contributed by atoms with Crippen LogP contribution in [0, 0.1) is 0 Å². The number of alkyl halides is 3. The van der Waals surface area contributed by atoms with Crippen LogP contribution in [0.5, 0.6) is 11.6 Å². The predicted molar refractivity (Wildman–Crippen MR) is 67.9 cm³/mol. The van der Waals surface area contributed by atoms with E-state index in [2.05, 4.69) is 20.9 Å². The zero-order chi connectivity index (χ0) is 14.0. The second-order valence-electron chi connectivity index (χ2n) is 3.62. The van der Waals surface area contributed by atoms with Crippen molar-refractivity contribution in [2.45, 2.75) is 6.18 Å². The molecule has 3 nitrogen and oxygen atoms in total. The Morgan fingerprint density at radius 1 is 1.11 bits per heavy atom. The fraction of sp³-hybridized carbons (Fsp3) is 0.0833. The molecular formula is C12H8BrF3N2O. The summed E-state index contributed by atoms with van der Waals surface area (Å²) in [6, 6.07) is 8.35. The quantitative estimate of drug-likeness (QED) is 0.837. The summed E-state index contributed by atoms with van der Waals surface area (Å²) >= 11 is 3.21. The molecule has 0 spiro atoms. The summed E-state index contributed by atoms with van der Waals surface area (Å²) in [6.07, 6.45) is -4.52. The molecule has 1 aromatic carbocycles. The fourth-order valence-corrected chi connectivity index (χ4v) is 1.83. The fourth-order valence-electron chi connectivity index (χ4n) is 1.37. The average Bonchev–Trinajstić information content (AvgIpc) is 2.33. The molecular weight excluding hydrogens is 325 g/mol. The monoisotopic (exact) mass is 332 g/mol. The number of nitrogen functional groups attached to an aromatic ring is 1. The molecule has 0 bridgehead atoms. The molecule has 7 heteroatoms. The molecule has 0 radical (unpaired) electrons. The highest BCUT2D eigenvalue weighted by molar-refractivity contribution is 9.10. The lowest BCUT2D eigenvalue weighted by Crippen LogP contribution is -2.08. The number of para-hydroxylation sites is 1. The Labute approximate surface area is 115 Å². The summed E-state index contributed by atoms with van der Waals surface area (Å²) in [5.74, 6) is 0.0581. The second kappa shape index (κ2) is 5.08. The van der Waals surface area contributed by atoms with Gasteiger partial charge in [0.05, 0.1) is 10.2 Å². The number of rotatable bonds is 2. The van der Waals surface area contributed by atoms with Crippen LogP contribution < -0.4 is 10.5 Å². The molecule has 19 heavy (non-hydrogen) atoms. The minimum absolute atomic E-state index is 0.173. The molecule has 0 fully saturated rings. The molecule has 0 aliphatic rings. The summed E-state index contributed by atoms with van der Waals surface area (Å²) in [6.45, 7) is 0. The lowest BCUT2D eigenvalue weighted by atomic mass is 10.3. The van der Waals surface area contributed by atoms with Gasteiger partial charge in [-0.3, -0.25) is 0 Å². The van der Waals surface area contributed by atoms with Gasteiger partial charge in [0.1, 0.15) is 5.69 Å². The standard InChI is InChI=1S/C12H8BrF3N2O/c13-7-3-1-4-8(17)11(7)19-10-6-2-5-9(18-10)12(14,15)16/h1-6H,17H2. The Balaban J connectivity index is 2.34. The predicted octanol–water partition coefficient (Wildman–Crippen LogP) is 4.24. The minimum atomic E-state index is -4.52. The molecule has 2 N–H and O–H groups in total. The van der Waals surface area contributed by atoms with Crippen LogP contribution in [-0.4, -0.2) is 4.98 Å². The number of nitrogens with two attached hydrogens (primary N) is 1. The number of aromatic nitrogens is 1. The van der Waals surface area contributed by atoms with Crippen molar-refractivity contribution in [3.63, 3.8) is 0 Å². The Hall–Kier alpha value is -1.76. The smallest absolute Gasteiger partial charge is 0.433 e. The van der Waals surface area contributed by atoms with Crippen LogP contribution in [0.3, 0.4) is 0 Å². The Bertz CT molecular complexity index is 582. The third-order valence-electron chi connectivity index (χ3n) is 2.22. The number of hydrogen-bond acceptors (Lipinski definition) is 3. The van der Waals surface area contributed by atoms with E-state index in [1.807, 2.05) is 0 Å². The number of nitrogens with zero attached hydrogens (tertiary/aromatic N) is 1. The maximum Gasteiger partial charge on any atom is 0.433 e. The molecule has 1 aromatic heterocycles. The summed E-state index contributed by atoms with van der Waals surface area (Å²) in [7, 11) is 0. The van der Waals surface area contributed by atoms with Gasteiger partial charge in [0.2, 0.25) is 5.88 Å². The third kappa shape index (κ3) is 3.17. The van der Waals surface area contributed by atoms with Gasteiger partial charge < -0.3 is 10.5 Å². The van der Waals surface area contributed by atoms with Gasteiger partial charge >= 0.3 is 6.18 Å². The summed E-state index contributed by atoms with van der Waals surface area (Å²) in [4.78, 5) is 3.40. The average molecular weight is 333 g/mol. The first-order valence-corrected chi connectivity index (χ1v) is 5.93. The third-order valence-corrected chi connectivity index (χ3v) is 2.84. The molecule has 2 aromatic rings. The van der Waals surface area contributed by atoms with Crippen LogP contribution >= 0.6 is 15.9 Å². The summed E-state index contributed by atoms with van der Waals surface area (Å²) < 4.78 is 43.4. The molecule has 0 atom stereocenters. The normalized spacial score (nSPS) is 11.4. The highest BCUT2D eigenvalue weighted by atomic mass is 79.9. The van der Waals surface area contributed by atoms with Crippen molar-refractivity contribution in [3.8, 4) is 11.6 Å². The van der Waals surface area contributed by atoms with Crippen molar-refractivity contribution in [2.24, 2.45) is 0 Å². The van der Waals surface area contributed by atoms with Crippen LogP contribution in [0.2, 0.25) is 0 Å². The van der Waals surface area contributed by atoms with Crippen LogP contribution in [0.4, 0.5) is 18.9 Å². The Kier molecular flexibility index (Phi) is 3.66. The highest BCUT2D eigenvalue weighted by Crippen LogP contribution is 2.35. The van der Waals surface area contributed by atoms with Gasteiger partial charge in [-0.15, -0.1) is 0 Å².